The Bertz CT molecular complexity index is 641. The minimum atomic E-state index is -0.372. The molecule has 8 heteroatoms. The lowest BCUT2D eigenvalue weighted by Gasteiger charge is -2.31. The fourth-order valence-corrected chi connectivity index (χ4v) is 3.47. The van der Waals surface area contributed by atoms with E-state index >= 15 is 0 Å². The van der Waals surface area contributed by atoms with E-state index in [2.05, 4.69) is 20.2 Å². The summed E-state index contributed by atoms with van der Waals surface area (Å²) in [5.74, 6) is 0.981. The number of piperidine rings is 1. The van der Waals surface area contributed by atoms with Crippen LogP contribution in [0.4, 0.5) is 10.7 Å². The minimum Gasteiger partial charge on any atom is -0.341 e. The summed E-state index contributed by atoms with van der Waals surface area (Å²) >= 11 is 0.891. The molecule has 0 unspecified atom stereocenters. The van der Waals surface area contributed by atoms with Crippen molar-refractivity contribution in [2.75, 3.05) is 24.5 Å². The Balaban J connectivity index is 1.70. The van der Waals surface area contributed by atoms with Gasteiger partial charge in [-0.1, -0.05) is 0 Å². The second-order valence-electron chi connectivity index (χ2n) is 5.64. The maximum atomic E-state index is 11.6. The molecule has 1 aromatic heterocycles. The number of amides is 2. The summed E-state index contributed by atoms with van der Waals surface area (Å²) in [5, 5.41) is 1.89. The smallest absolute Gasteiger partial charge is 0.290 e. The predicted octanol–water partition coefficient (Wildman–Crippen LogP) is 1.37. The maximum Gasteiger partial charge on any atom is 0.290 e. The van der Waals surface area contributed by atoms with Crippen LogP contribution in [0.15, 0.2) is 17.2 Å². The SMILES string of the molecule is NCCC1CCN(c2nccc(/C=C3/SC(=O)NC3=O)n2)CC1. The molecule has 0 saturated carbocycles. The predicted molar refractivity (Wildman–Crippen MR) is 89.7 cm³/mol. The molecule has 0 aliphatic carbocycles. The molecular formula is C15H19N5O2S. The fourth-order valence-electron chi connectivity index (χ4n) is 2.81. The Hall–Kier alpha value is -1.93. The van der Waals surface area contributed by atoms with Crippen molar-refractivity contribution in [2.24, 2.45) is 11.7 Å². The van der Waals surface area contributed by atoms with Crippen LogP contribution in [0.1, 0.15) is 25.0 Å². The summed E-state index contributed by atoms with van der Waals surface area (Å²) in [6.07, 6.45) is 6.57. The van der Waals surface area contributed by atoms with Crippen LogP contribution < -0.4 is 16.0 Å². The molecule has 122 valence electrons. The molecule has 2 fully saturated rings. The lowest BCUT2D eigenvalue weighted by Crippen LogP contribution is -2.35. The van der Waals surface area contributed by atoms with Crippen LogP contribution in [0, 0.1) is 5.92 Å². The number of anilines is 1. The normalized spacial score (nSPS) is 21.1. The third kappa shape index (κ3) is 3.89. The fraction of sp³-hybridized carbons (Fsp3) is 0.467. The number of thioether (sulfide) groups is 1. The van der Waals surface area contributed by atoms with Crippen LogP contribution >= 0.6 is 11.8 Å². The van der Waals surface area contributed by atoms with Crippen molar-refractivity contribution in [2.45, 2.75) is 19.3 Å². The van der Waals surface area contributed by atoms with Gasteiger partial charge in [0.25, 0.3) is 11.1 Å². The molecule has 0 radical (unpaired) electrons. The van der Waals surface area contributed by atoms with Gasteiger partial charge >= 0.3 is 0 Å². The molecule has 0 bridgehead atoms. The monoisotopic (exact) mass is 333 g/mol. The average molecular weight is 333 g/mol. The molecule has 3 heterocycles. The summed E-state index contributed by atoms with van der Waals surface area (Å²) in [7, 11) is 0. The van der Waals surface area contributed by atoms with Crippen LogP contribution in [-0.4, -0.2) is 40.7 Å². The van der Waals surface area contributed by atoms with Gasteiger partial charge in [-0.3, -0.25) is 14.9 Å². The van der Waals surface area contributed by atoms with Gasteiger partial charge in [0.1, 0.15) is 0 Å². The molecule has 3 rings (SSSR count). The topological polar surface area (TPSA) is 101 Å². The molecule has 0 spiro atoms. The standard InChI is InChI=1S/C15H19N5O2S/c16-5-1-10-3-7-20(8-4-10)14-17-6-2-11(18-14)9-12-13(21)19-15(22)23-12/h2,6,9-10H,1,3-5,7-8,16H2,(H,19,21,22)/b12-9+. The molecule has 7 nitrogen and oxygen atoms in total. The molecule has 2 aliphatic heterocycles. The highest BCUT2D eigenvalue weighted by atomic mass is 32.2. The van der Waals surface area contributed by atoms with Crippen molar-refractivity contribution in [1.29, 1.82) is 0 Å². The second-order valence-corrected chi connectivity index (χ2v) is 6.66. The number of aromatic nitrogens is 2. The molecule has 0 atom stereocenters. The quantitative estimate of drug-likeness (QED) is 0.802. The number of nitrogens with two attached hydrogens (primary N) is 1. The average Bonchev–Trinajstić information content (AvgIpc) is 2.86. The van der Waals surface area contributed by atoms with Gasteiger partial charge in [0, 0.05) is 19.3 Å². The molecule has 2 saturated heterocycles. The van der Waals surface area contributed by atoms with E-state index in [0.717, 1.165) is 50.7 Å². The van der Waals surface area contributed by atoms with E-state index in [1.807, 2.05) is 0 Å². The zero-order chi connectivity index (χ0) is 16.2. The summed E-state index contributed by atoms with van der Waals surface area (Å²) < 4.78 is 0. The number of hydrogen-bond donors (Lipinski definition) is 2. The van der Waals surface area contributed by atoms with Crippen LogP contribution in [0.3, 0.4) is 0 Å². The Kier molecular flexibility index (Phi) is 4.92. The number of carbonyl (C=O) groups excluding carboxylic acids is 2. The van der Waals surface area contributed by atoms with E-state index in [4.69, 9.17) is 5.73 Å². The molecule has 2 aliphatic rings. The van der Waals surface area contributed by atoms with E-state index in [1.165, 1.54) is 0 Å². The number of hydrogen-bond acceptors (Lipinski definition) is 7. The summed E-state index contributed by atoms with van der Waals surface area (Å²) in [5.41, 5.74) is 6.25. The Morgan fingerprint density at radius 2 is 2.17 bits per heavy atom. The highest BCUT2D eigenvalue weighted by Crippen LogP contribution is 2.26. The largest absolute Gasteiger partial charge is 0.341 e. The third-order valence-corrected chi connectivity index (χ3v) is 4.87. The van der Waals surface area contributed by atoms with E-state index in [0.29, 0.717) is 22.5 Å². The van der Waals surface area contributed by atoms with Gasteiger partial charge in [0.05, 0.1) is 10.6 Å². The van der Waals surface area contributed by atoms with Crippen molar-refractivity contribution in [3.05, 3.63) is 22.9 Å². The van der Waals surface area contributed by atoms with Crippen LogP contribution in [-0.2, 0) is 4.79 Å². The first-order chi connectivity index (χ1) is 11.2. The van der Waals surface area contributed by atoms with E-state index in [1.54, 1.807) is 18.3 Å². The summed E-state index contributed by atoms with van der Waals surface area (Å²) in [4.78, 5) is 34.1. The summed E-state index contributed by atoms with van der Waals surface area (Å²) in [6.45, 7) is 2.57. The minimum absolute atomic E-state index is 0.350. The molecule has 23 heavy (non-hydrogen) atoms. The first-order valence-electron chi connectivity index (χ1n) is 7.68. The van der Waals surface area contributed by atoms with Crippen molar-refractivity contribution in [1.82, 2.24) is 15.3 Å². The number of nitrogens with zero attached hydrogens (tertiary/aromatic N) is 3. The number of carbonyl (C=O) groups is 2. The zero-order valence-electron chi connectivity index (χ0n) is 12.7. The lowest BCUT2D eigenvalue weighted by molar-refractivity contribution is -0.115. The number of rotatable bonds is 4. The Morgan fingerprint density at radius 3 is 2.83 bits per heavy atom. The van der Waals surface area contributed by atoms with E-state index in [9.17, 15) is 9.59 Å². The van der Waals surface area contributed by atoms with Gasteiger partial charge in [-0.25, -0.2) is 9.97 Å². The van der Waals surface area contributed by atoms with Gasteiger partial charge in [0.15, 0.2) is 0 Å². The molecule has 2 amide bonds. The van der Waals surface area contributed by atoms with Gasteiger partial charge < -0.3 is 10.6 Å². The van der Waals surface area contributed by atoms with Crippen LogP contribution in [0.25, 0.3) is 6.08 Å². The van der Waals surface area contributed by atoms with Crippen molar-refractivity contribution >= 4 is 34.9 Å². The lowest BCUT2D eigenvalue weighted by atomic mass is 9.94. The van der Waals surface area contributed by atoms with Gasteiger partial charge in [-0.2, -0.15) is 0 Å². The van der Waals surface area contributed by atoms with Crippen molar-refractivity contribution in [3.8, 4) is 0 Å². The maximum absolute atomic E-state index is 11.6. The van der Waals surface area contributed by atoms with Gasteiger partial charge in [-0.15, -0.1) is 0 Å². The second kappa shape index (κ2) is 7.10. The first kappa shape index (κ1) is 15.9. The molecular weight excluding hydrogens is 314 g/mol. The molecule has 1 aromatic rings. The zero-order valence-corrected chi connectivity index (χ0v) is 13.5. The Labute approximate surface area is 138 Å². The highest BCUT2D eigenvalue weighted by Gasteiger charge is 2.25. The van der Waals surface area contributed by atoms with E-state index in [-0.39, 0.29) is 11.1 Å². The van der Waals surface area contributed by atoms with Crippen LogP contribution in [0.5, 0.6) is 0 Å². The van der Waals surface area contributed by atoms with Crippen molar-refractivity contribution in [3.63, 3.8) is 0 Å². The van der Waals surface area contributed by atoms with Gasteiger partial charge in [0.2, 0.25) is 5.95 Å². The summed E-state index contributed by atoms with van der Waals surface area (Å²) in [6, 6.07) is 1.73. The number of imide groups is 1. The Morgan fingerprint density at radius 1 is 1.39 bits per heavy atom. The molecule has 3 N–H and O–H groups in total. The van der Waals surface area contributed by atoms with E-state index < -0.39 is 0 Å². The first-order valence-corrected chi connectivity index (χ1v) is 8.50. The van der Waals surface area contributed by atoms with Crippen LogP contribution in [0.2, 0.25) is 0 Å². The number of nitrogens with one attached hydrogen (secondary N) is 1. The third-order valence-electron chi connectivity index (χ3n) is 4.06. The van der Waals surface area contributed by atoms with Gasteiger partial charge in [-0.05, 0) is 55.6 Å². The highest BCUT2D eigenvalue weighted by molar-refractivity contribution is 8.18. The van der Waals surface area contributed by atoms with Crippen molar-refractivity contribution < 1.29 is 9.59 Å². The molecule has 0 aromatic carbocycles.